The molecule has 1 aromatic heterocycles. The van der Waals surface area contributed by atoms with Crippen LogP contribution in [-0.4, -0.2) is 24.6 Å². The van der Waals surface area contributed by atoms with Crippen molar-refractivity contribution in [1.82, 2.24) is 4.98 Å². The Labute approximate surface area is 119 Å². The quantitative estimate of drug-likeness (QED) is 0.841. The van der Waals surface area contributed by atoms with Gasteiger partial charge in [-0.25, -0.2) is 0 Å². The Hall–Kier alpha value is -1.81. The van der Waals surface area contributed by atoms with Gasteiger partial charge in [0.2, 0.25) is 0 Å². The molecule has 1 aromatic carbocycles. The second kappa shape index (κ2) is 6.38. The van der Waals surface area contributed by atoms with Gasteiger partial charge in [-0.15, -0.1) is 0 Å². The molecular weight excluding hydrogens is 238 g/mol. The lowest BCUT2D eigenvalue weighted by molar-refractivity contribution is 0.415. The summed E-state index contributed by atoms with van der Waals surface area (Å²) in [6.07, 6.45) is 1.90. The van der Waals surface area contributed by atoms with Crippen LogP contribution in [0.1, 0.15) is 25.2 Å². The van der Waals surface area contributed by atoms with Crippen LogP contribution in [0.2, 0.25) is 0 Å². The topological polar surface area (TPSA) is 60.2 Å². The summed E-state index contributed by atoms with van der Waals surface area (Å²) in [7, 11) is 1.49. The molecule has 0 saturated heterocycles. The van der Waals surface area contributed by atoms with E-state index in [1.165, 1.54) is 7.11 Å². The molecule has 0 aliphatic carbocycles. The van der Waals surface area contributed by atoms with Gasteiger partial charge in [-0.2, -0.15) is 0 Å². The first-order valence-corrected chi connectivity index (χ1v) is 6.12. The highest BCUT2D eigenvalue weighted by atomic mass is 16.5. The number of hydrogen-bond donors (Lipinski definition) is 2. The van der Waals surface area contributed by atoms with E-state index in [0.29, 0.717) is 22.3 Å². The van der Waals surface area contributed by atoms with Crippen LogP contribution >= 0.6 is 0 Å². The number of anilines is 1. The predicted molar refractivity (Wildman–Crippen MR) is 79.7 cm³/mol. The van der Waals surface area contributed by atoms with Crippen LogP contribution in [0.4, 0.5) is 5.69 Å². The smallest absolute Gasteiger partial charge is 0.121 e. The number of pyridine rings is 1. The predicted octanol–water partition coefficient (Wildman–Crippen LogP) is 2.78. The molecule has 3 N–H and O–H groups in total. The molecule has 1 unspecified atom stereocenters. The van der Waals surface area contributed by atoms with Crippen molar-refractivity contribution < 1.29 is 10.2 Å². The van der Waals surface area contributed by atoms with E-state index < -0.39 is 12.5 Å². The van der Waals surface area contributed by atoms with E-state index >= 15 is 0 Å². The molecule has 19 heavy (non-hydrogen) atoms. The number of nitrogens with two attached hydrogens (primary N) is 1. The average molecular weight is 263 g/mol. The van der Waals surface area contributed by atoms with E-state index in [1.807, 2.05) is 0 Å². The lowest BCUT2D eigenvalue weighted by Crippen LogP contribution is -2.17. The third-order valence-electron chi connectivity index (χ3n) is 2.81. The Morgan fingerprint density at radius 3 is 3.26 bits per heavy atom. The van der Waals surface area contributed by atoms with Crippen molar-refractivity contribution in [2.75, 3.05) is 18.9 Å². The molecule has 0 amide bonds. The van der Waals surface area contributed by atoms with Gasteiger partial charge in [0.15, 0.2) is 0 Å². The van der Waals surface area contributed by atoms with Crippen LogP contribution in [0.25, 0.3) is 10.9 Å². The number of nitrogens with one attached hydrogen (secondary N) is 1. The number of methoxy groups -OCH3 is 1. The highest BCUT2D eigenvalue weighted by molar-refractivity contribution is 5.91. The van der Waals surface area contributed by atoms with Gasteiger partial charge in [-0.05, 0) is 38.4 Å². The molecule has 0 saturated carbocycles. The third kappa shape index (κ3) is 3.35. The SMILES string of the molecule is [2H]c1c(OC)cc(NC([2H])(C)CCC([2H])([2H])N)c2ncccc12. The van der Waals surface area contributed by atoms with Gasteiger partial charge in [0.1, 0.15) is 5.75 Å². The zero-order valence-corrected chi connectivity index (χ0v) is 11.2. The maximum absolute atomic E-state index is 8.35. The van der Waals surface area contributed by atoms with Crippen molar-refractivity contribution in [3.8, 4) is 5.75 Å². The number of hydrogen-bond acceptors (Lipinski definition) is 4. The first-order valence-electron chi connectivity index (χ1n) is 8.12. The van der Waals surface area contributed by atoms with E-state index in [9.17, 15) is 0 Å². The van der Waals surface area contributed by atoms with Crippen LogP contribution in [0.15, 0.2) is 30.4 Å². The molecular formula is C15H21N3O. The van der Waals surface area contributed by atoms with Gasteiger partial charge in [-0.3, -0.25) is 4.98 Å². The molecule has 2 aromatic rings. The fourth-order valence-electron chi connectivity index (χ4n) is 1.85. The second-order valence-corrected chi connectivity index (χ2v) is 4.26. The molecule has 4 heteroatoms. The van der Waals surface area contributed by atoms with Crippen molar-refractivity contribution in [3.05, 3.63) is 30.4 Å². The van der Waals surface area contributed by atoms with Crippen LogP contribution < -0.4 is 15.8 Å². The van der Waals surface area contributed by atoms with E-state index in [1.54, 1.807) is 31.3 Å². The third-order valence-corrected chi connectivity index (χ3v) is 2.81. The molecule has 102 valence electrons. The van der Waals surface area contributed by atoms with Crippen LogP contribution in [0.5, 0.6) is 5.75 Å². The van der Waals surface area contributed by atoms with Gasteiger partial charge in [0.05, 0.1) is 21.1 Å². The first kappa shape index (κ1) is 9.15. The van der Waals surface area contributed by atoms with Crippen LogP contribution in [-0.2, 0) is 0 Å². The van der Waals surface area contributed by atoms with Crippen molar-refractivity contribution in [2.24, 2.45) is 5.73 Å². The minimum atomic E-state index is -1.81. The van der Waals surface area contributed by atoms with Gasteiger partial charge in [-0.1, -0.05) is 6.07 Å². The molecule has 0 aliphatic rings. The fourth-order valence-corrected chi connectivity index (χ4v) is 1.85. The highest BCUT2D eigenvalue weighted by Gasteiger charge is 2.08. The van der Waals surface area contributed by atoms with Crippen molar-refractivity contribution in [3.63, 3.8) is 0 Å². The molecule has 0 spiro atoms. The van der Waals surface area contributed by atoms with E-state index in [4.69, 9.17) is 16.0 Å². The van der Waals surface area contributed by atoms with E-state index in [0.717, 1.165) is 0 Å². The largest absolute Gasteiger partial charge is 0.497 e. The molecule has 2 rings (SSSR count). The second-order valence-electron chi connectivity index (χ2n) is 4.26. The standard InChI is InChI=1S/C15H21N3O/c1-11(5-3-7-16)18-14-10-13(19-2)9-12-6-4-8-17-15(12)14/h4,6,8-11,18H,3,5,7,16H2,1-2H3/i7D2,9D,11D. The fraction of sp³-hybridized carbons (Fsp3) is 0.400. The summed E-state index contributed by atoms with van der Waals surface area (Å²) in [4.78, 5) is 4.29. The average Bonchev–Trinajstić information content (AvgIpc) is 2.47. The molecule has 4 nitrogen and oxygen atoms in total. The van der Waals surface area contributed by atoms with Gasteiger partial charge in [0, 0.05) is 26.4 Å². The first-order chi connectivity index (χ1) is 10.6. The summed E-state index contributed by atoms with van der Waals surface area (Å²) in [6.45, 7) is -0.165. The highest BCUT2D eigenvalue weighted by Crippen LogP contribution is 2.28. The molecule has 0 bridgehead atoms. The Morgan fingerprint density at radius 1 is 1.68 bits per heavy atom. The maximum atomic E-state index is 8.35. The van der Waals surface area contributed by atoms with Gasteiger partial charge < -0.3 is 15.8 Å². The number of aromatic nitrogens is 1. The van der Waals surface area contributed by atoms with Gasteiger partial charge >= 0.3 is 0 Å². The molecule has 1 atom stereocenters. The normalized spacial score (nSPS) is 17.8. The molecule has 0 fully saturated rings. The Balaban J connectivity index is 2.37. The summed E-state index contributed by atoms with van der Waals surface area (Å²) in [5.41, 5.74) is 6.51. The molecule has 1 heterocycles. The Kier molecular flexibility index (Phi) is 3.07. The zero-order chi connectivity index (χ0) is 17.3. The monoisotopic (exact) mass is 263 g/mol. The van der Waals surface area contributed by atoms with E-state index in [-0.39, 0.29) is 18.9 Å². The number of rotatable bonds is 6. The van der Waals surface area contributed by atoms with Crippen molar-refractivity contribution >= 4 is 16.6 Å². The number of benzene rings is 1. The Bertz CT molecular complexity index is 701. The zero-order valence-electron chi connectivity index (χ0n) is 15.2. The summed E-state index contributed by atoms with van der Waals surface area (Å²) in [6, 6.07) is 4.27. The van der Waals surface area contributed by atoms with E-state index in [2.05, 4.69) is 10.3 Å². The van der Waals surface area contributed by atoms with Crippen LogP contribution in [0, 0.1) is 0 Å². The number of fused-ring (bicyclic) bond motifs is 1. The maximum Gasteiger partial charge on any atom is 0.121 e. The number of ether oxygens (including phenoxy) is 1. The Morgan fingerprint density at radius 2 is 2.53 bits per heavy atom. The minimum Gasteiger partial charge on any atom is -0.497 e. The van der Waals surface area contributed by atoms with Gasteiger partial charge in [0.25, 0.3) is 0 Å². The van der Waals surface area contributed by atoms with Crippen molar-refractivity contribution in [2.45, 2.75) is 25.8 Å². The molecule has 0 aliphatic heterocycles. The molecule has 0 radical (unpaired) electrons. The van der Waals surface area contributed by atoms with Crippen molar-refractivity contribution in [1.29, 1.82) is 0 Å². The lowest BCUT2D eigenvalue weighted by atomic mass is 10.1. The lowest BCUT2D eigenvalue weighted by Gasteiger charge is -2.17. The minimum absolute atomic E-state index is 0.0546. The summed E-state index contributed by atoms with van der Waals surface area (Å²) in [5.74, 6) is 0.387. The summed E-state index contributed by atoms with van der Waals surface area (Å²) < 4.78 is 36.5. The number of nitrogens with zero attached hydrogens (tertiary/aromatic N) is 1. The van der Waals surface area contributed by atoms with Crippen LogP contribution in [0.3, 0.4) is 0 Å². The summed E-state index contributed by atoms with van der Waals surface area (Å²) in [5, 5.41) is 3.68. The summed E-state index contributed by atoms with van der Waals surface area (Å²) >= 11 is 0.